The highest BCUT2D eigenvalue weighted by Gasteiger charge is 2.28. The summed E-state index contributed by atoms with van der Waals surface area (Å²) in [7, 11) is 1.33. The van der Waals surface area contributed by atoms with Gasteiger partial charge in [0.25, 0.3) is 0 Å². The number of aliphatic hydroxyl groups is 1. The molecule has 0 bridgehead atoms. The number of methoxy groups -OCH3 is 1. The van der Waals surface area contributed by atoms with E-state index in [1.807, 2.05) is 13.8 Å². The number of halogens is 1. The van der Waals surface area contributed by atoms with E-state index < -0.39 is 18.0 Å². The van der Waals surface area contributed by atoms with Gasteiger partial charge in [-0.05, 0) is 36.6 Å². The van der Waals surface area contributed by atoms with E-state index in [4.69, 9.17) is 11.6 Å². The van der Waals surface area contributed by atoms with Crippen molar-refractivity contribution in [2.45, 2.75) is 26.4 Å². The summed E-state index contributed by atoms with van der Waals surface area (Å²) in [5.41, 5.74) is 1.58. The van der Waals surface area contributed by atoms with Gasteiger partial charge in [-0.25, -0.2) is 0 Å². The Bertz CT molecular complexity index is 404. The molecule has 0 amide bonds. The van der Waals surface area contributed by atoms with Crippen LogP contribution in [-0.2, 0) is 9.53 Å². The van der Waals surface area contributed by atoms with Gasteiger partial charge in [0, 0.05) is 5.02 Å². The lowest BCUT2D eigenvalue weighted by molar-refractivity contribution is -0.149. The lowest BCUT2D eigenvalue weighted by atomic mass is 9.91. The first-order valence-corrected chi connectivity index (χ1v) is 5.91. The Hall–Kier alpha value is -1.06. The van der Waals surface area contributed by atoms with E-state index in [2.05, 4.69) is 4.74 Å². The van der Waals surface area contributed by atoms with Gasteiger partial charge >= 0.3 is 5.97 Å². The van der Waals surface area contributed by atoms with Crippen molar-refractivity contribution in [1.82, 2.24) is 0 Å². The first-order chi connectivity index (χ1) is 8.01. The summed E-state index contributed by atoms with van der Waals surface area (Å²) in [4.78, 5) is 11.5. The Morgan fingerprint density at radius 3 is 2.65 bits per heavy atom. The zero-order valence-electron chi connectivity index (χ0n) is 10.2. The highest BCUT2D eigenvalue weighted by molar-refractivity contribution is 6.30. The number of benzene rings is 1. The molecule has 17 heavy (non-hydrogen) atoms. The predicted molar refractivity (Wildman–Crippen MR) is 66.9 cm³/mol. The number of hydrogen-bond donors (Lipinski definition) is 1. The largest absolute Gasteiger partial charge is 0.469 e. The molecular weight excluding hydrogens is 240 g/mol. The van der Waals surface area contributed by atoms with Crippen LogP contribution in [0.2, 0.25) is 5.02 Å². The van der Waals surface area contributed by atoms with Crippen LogP contribution in [0.3, 0.4) is 0 Å². The molecule has 0 heterocycles. The number of ether oxygens (including phenoxy) is 1. The SMILES string of the molecule is CCC(C(=O)OC)C(O)c1ccc(Cl)cc1C. The van der Waals surface area contributed by atoms with Gasteiger partial charge < -0.3 is 9.84 Å². The summed E-state index contributed by atoms with van der Waals surface area (Å²) in [5.74, 6) is -0.936. The van der Waals surface area contributed by atoms with E-state index in [-0.39, 0.29) is 0 Å². The molecule has 0 aliphatic rings. The van der Waals surface area contributed by atoms with Crippen molar-refractivity contribution in [3.63, 3.8) is 0 Å². The lowest BCUT2D eigenvalue weighted by Gasteiger charge is -2.21. The Labute approximate surface area is 106 Å². The zero-order valence-corrected chi connectivity index (χ0v) is 11.0. The number of aryl methyl sites for hydroxylation is 1. The molecule has 2 unspecified atom stereocenters. The van der Waals surface area contributed by atoms with Crippen molar-refractivity contribution in [2.75, 3.05) is 7.11 Å². The van der Waals surface area contributed by atoms with Crippen molar-refractivity contribution in [3.05, 3.63) is 34.3 Å². The smallest absolute Gasteiger partial charge is 0.311 e. The Morgan fingerprint density at radius 2 is 2.18 bits per heavy atom. The average molecular weight is 257 g/mol. The molecule has 0 aliphatic carbocycles. The van der Waals surface area contributed by atoms with Gasteiger partial charge in [0.05, 0.1) is 19.1 Å². The van der Waals surface area contributed by atoms with Crippen molar-refractivity contribution < 1.29 is 14.6 Å². The molecular formula is C13H17ClO3. The summed E-state index contributed by atoms with van der Waals surface area (Å²) < 4.78 is 4.68. The minimum Gasteiger partial charge on any atom is -0.469 e. The number of rotatable bonds is 4. The van der Waals surface area contributed by atoms with Gasteiger partial charge in [-0.3, -0.25) is 4.79 Å². The number of carbonyl (C=O) groups excluding carboxylic acids is 1. The summed E-state index contributed by atoms with van der Waals surface area (Å²) in [6, 6.07) is 5.22. The third-order valence-electron chi connectivity index (χ3n) is 2.88. The maximum atomic E-state index is 11.5. The molecule has 0 aromatic heterocycles. The summed E-state index contributed by atoms with van der Waals surface area (Å²) >= 11 is 5.85. The van der Waals surface area contributed by atoms with Gasteiger partial charge in [0.2, 0.25) is 0 Å². The van der Waals surface area contributed by atoms with Gasteiger partial charge in [0.15, 0.2) is 0 Å². The molecule has 1 aromatic rings. The Morgan fingerprint density at radius 1 is 1.53 bits per heavy atom. The van der Waals surface area contributed by atoms with Crippen molar-refractivity contribution in [2.24, 2.45) is 5.92 Å². The van der Waals surface area contributed by atoms with Crippen molar-refractivity contribution in [1.29, 1.82) is 0 Å². The average Bonchev–Trinajstić information content (AvgIpc) is 2.29. The topological polar surface area (TPSA) is 46.5 Å². The van der Waals surface area contributed by atoms with E-state index in [1.54, 1.807) is 18.2 Å². The van der Waals surface area contributed by atoms with Crippen LogP contribution in [0.4, 0.5) is 0 Å². The highest BCUT2D eigenvalue weighted by Crippen LogP contribution is 2.29. The van der Waals surface area contributed by atoms with Crippen LogP contribution in [0.1, 0.15) is 30.6 Å². The van der Waals surface area contributed by atoms with E-state index in [0.29, 0.717) is 17.0 Å². The lowest BCUT2D eigenvalue weighted by Crippen LogP contribution is -2.23. The molecule has 94 valence electrons. The first-order valence-electron chi connectivity index (χ1n) is 5.53. The molecule has 0 saturated carbocycles. The van der Waals surface area contributed by atoms with Crippen LogP contribution >= 0.6 is 11.6 Å². The van der Waals surface area contributed by atoms with Gasteiger partial charge in [-0.1, -0.05) is 24.6 Å². The Kier molecular flexibility index (Phi) is 4.97. The molecule has 0 saturated heterocycles. The van der Waals surface area contributed by atoms with Crippen LogP contribution in [0.5, 0.6) is 0 Å². The minimum absolute atomic E-state index is 0.394. The van der Waals surface area contributed by atoms with Crippen LogP contribution in [0, 0.1) is 12.8 Å². The molecule has 4 heteroatoms. The fourth-order valence-electron chi connectivity index (χ4n) is 1.86. The second-order valence-electron chi connectivity index (χ2n) is 3.98. The van der Waals surface area contributed by atoms with Gasteiger partial charge in [-0.15, -0.1) is 0 Å². The van der Waals surface area contributed by atoms with Crippen molar-refractivity contribution >= 4 is 17.6 Å². The highest BCUT2D eigenvalue weighted by atomic mass is 35.5. The second kappa shape index (κ2) is 6.03. The first kappa shape index (κ1) is 14.0. The van der Waals surface area contributed by atoms with E-state index in [0.717, 1.165) is 5.56 Å². The summed E-state index contributed by atoms with van der Waals surface area (Å²) in [5, 5.41) is 10.8. The molecule has 0 aliphatic heterocycles. The molecule has 0 radical (unpaired) electrons. The standard InChI is InChI=1S/C13H17ClO3/c1-4-10(13(16)17-3)12(15)11-6-5-9(14)7-8(11)2/h5-7,10,12,15H,4H2,1-3H3. The third-order valence-corrected chi connectivity index (χ3v) is 3.11. The predicted octanol–water partition coefficient (Wildman–Crippen LogP) is 2.88. The molecule has 2 atom stereocenters. The van der Waals surface area contributed by atoms with Crippen LogP contribution < -0.4 is 0 Å². The van der Waals surface area contributed by atoms with Crippen LogP contribution in [-0.4, -0.2) is 18.2 Å². The quantitative estimate of drug-likeness (QED) is 0.843. The normalized spacial score (nSPS) is 14.2. The number of aliphatic hydroxyl groups excluding tert-OH is 1. The molecule has 1 rings (SSSR count). The van der Waals surface area contributed by atoms with E-state index in [9.17, 15) is 9.90 Å². The van der Waals surface area contributed by atoms with E-state index in [1.165, 1.54) is 7.11 Å². The fraction of sp³-hybridized carbons (Fsp3) is 0.462. The summed E-state index contributed by atoms with van der Waals surface area (Å²) in [6.45, 7) is 3.70. The van der Waals surface area contributed by atoms with Gasteiger partial charge in [0.1, 0.15) is 0 Å². The second-order valence-corrected chi connectivity index (χ2v) is 4.42. The van der Waals surface area contributed by atoms with Crippen molar-refractivity contribution in [3.8, 4) is 0 Å². The van der Waals surface area contributed by atoms with Gasteiger partial charge in [-0.2, -0.15) is 0 Å². The monoisotopic (exact) mass is 256 g/mol. The number of carbonyl (C=O) groups is 1. The number of esters is 1. The molecule has 1 aromatic carbocycles. The number of hydrogen-bond acceptors (Lipinski definition) is 3. The maximum Gasteiger partial charge on any atom is 0.311 e. The van der Waals surface area contributed by atoms with E-state index >= 15 is 0 Å². The third kappa shape index (κ3) is 3.20. The summed E-state index contributed by atoms with van der Waals surface area (Å²) in [6.07, 6.45) is -0.333. The Balaban J connectivity index is 3.01. The molecule has 0 fully saturated rings. The zero-order chi connectivity index (χ0) is 13.0. The fourth-order valence-corrected chi connectivity index (χ4v) is 2.08. The molecule has 3 nitrogen and oxygen atoms in total. The molecule has 1 N–H and O–H groups in total. The van der Waals surface area contributed by atoms with Crippen LogP contribution in [0.25, 0.3) is 0 Å². The minimum atomic E-state index is -0.857. The molecule has 0 spiro atoms. The maximum absolute atomic E-state index is 11.5. The van der Waals surface area contributed by atoms with Crippen LogP contribution in [0.15, 0.2) is 18.2 Å².